The second-order valence-corrected chi connectivity index (χ2v) is 7.37. The van der Waals surface area contributed by atoms with Gasteiger partial charge in [0.15, 0.2) is 0 Å². The molecule has 0 radical (unpaired) electrons. The molecule has 0 aromatic rings. The lowest BCUT2D eigenvalue weighted by Crippen LogP contribution is -2.49. The zero-order chi connectivity index (χ0) is 22.1. The number of aliphatic carboxylic acids is 1. The van der Waals surface area contributed by atoms with Gasteiger partial charge in [0.05, 0.1) is 0 Å². The van der Waals surface area contributed by atoms with E-state index in [1.807, 2.05) is 13.8 Å². The number of nitrogens with zero attached hydrogens (tertiary/aromatic N) is 1. The fourth-order valence-corrected chi connectivity index (χ4v) is 3.20. The van der Waals surface area contributed by atoms with E-state index in [1.165, 1.54) is 32.1 Å². The van der Waals surface area contributed by atoms with Gasteiger partial charge in [0.2, 0.25) is 11.8 Å². The van der Waals surface area contributed by atoms with E-state index in [9.17, 15) is 9.59 Å². The molecule has 1 rings (SSSR count). The molecule has 2 unspecified atom stereocenters. The number of likely N-dealkylation sites (tertiary alicyclic amines) is 1. The van der Waals surface area contributed by atoms with Crippen molar-refractivity contribution in [3.05, 3.63) is 0 Å². The van der Waals surface area contributed by atoms with Crippen LogP contribution in [-0.2, 0) is 14.4 Å². The van der Waals surface area contributed by atoms with Crippen molar-refractivity contribution in [3.8, 4) is 0 Å². The van der Waals surface area contributed by atoms with Gasteiger partial charge in [-0.3, -0.25) is 14.4 Å². The maximum Gasteiger partial charge on any atom is 0.300 e. The first-order valence-corrected chi connectivity index (χ1v) is 11.0. The number of nitrogens with one attached hydrogen (secondary N) is 1. The van der Waals surface area contributed by atoms with E-state index < -0.39 is 5.97 Å². The summed E-state index contributed by atoms with van der Waals surface area (Å²) in [6, 6.07) is -0.0789. The van der Waals surface area contributed by atoms with Crippen molar-refractivity contribution in [2.45, 2.75) is 112 Å². The smallest absolute Gasteiger partial charge is 0.300 e. The first kappa shape index (κ1) is 28.6. The summed E-state index contributed by atoms with van der Waals surface area (Å²) in [4.78, 5) is 34.6. The standard InChI is InChI=1S/C18H34N2O2.C2H4O2.C2H6/c1-5-6-7-8-9-11-14(2)15(3)19-18(22)17-12-10-13-20(17)16(4)21;1-2(3)4;1-2/h14-15,17H,5-13H2,1-4H3,(H,19,22);1H3,(H,3,4);1-2H3/t14?,15?,17-;;/m0../s1. The van der Waals surface area contributed by atoms with E-state index in [-0.39, 0.29) is 23.9 Å². The summed E-state index contributed by atoms with van der Waals surface area (Å²) in [5, 5.41) is 10.5. The van der Waals surface area contributed by atoms with Crippen molar-refractivity contribution in [1.82, 2.24) is 10.2 Å². The van der Waals surface area contributed by atoms with Crippen molar-refractivity contribution in [2.75, 3.05) is 6.54 Å². The Hall–Kier alpha value is -1.59. The van der Waals surface area contributed by atoms with Crippen molar-refractivity contribution in [1.29, 1.82) is 0 Å². The predicted molar refractivity (Wildman–Crippen MR) is 115 cm³/mol. The van der Waals surface area contributed by atoms with Crippen LogP contribution >= 0.6 is 0 Å². The summed E-state index contributed by atoms with van der Waals surface area (Å²) in [5.74, 6) is -0.315. The van der Waals surface area contributed by atoms with Crippen molar-refractivity contribution >= 4 is 17.8 Å². The van der Waals surface area contributed by atoms with E-state index in [0.29, 0.717) is 5.92 Å². The lowest BCUT2D eigenvalue weighted by Gasteiger charge is -2.27. The molecule has 166 valence electrons. The van der Waals surface area contributed by atoms with Crippen molar-refractivity contribution in [3.63, 3.8) is 0 Å². The monoisotopic (exact) mass is 400 g/mol. The van der Waals surface area contributed by atoms with Gasteiger partial charge in [-0.15, -0.1) is 0 Å². The Kier molecular flexibility index (Phi) is 17.9. The van der Waals surface area contributed by atoms with Crippen LogP contribution in [0, 0.1) is 5.92 Å². The summed E-state index contributed by atoms with van der Waals surface area (Å²) in [6.45, 7) is 13.9. The molecule has 1 heterocycles. The quantitative estimate of drug-likeness (QED) is 0.553. The molecule has 1 saturated heterocycles. The molecule has 0 bridgehead atoms. The van der Waals surface area contributed by atoms with Crippen LogP contribution in [0.5, 0.6) is 0 Å². The van der Waals surface area contributed by atoms with E-state index in [0.717, 1.165) is 32.7 Å². The molecule has 0 saturated carbocycles. The Bertz CT molecular complexity index is 436. The fraction of sp³-hybridized carbons (Fsp3) is 0.864. The minimum atomic E-state index is -0.833. The van der Waals surface area contributed by atoms with Gasteiger partial charge in [0, 0.05) is 26.4 Å². The molecule has 2 N–H and O–H groups in total. The molecule has 2 amide bonds. The Morgan fingerprint density at radius 1 is 1.07 bits per heavy atom. The first-order chi connectivity index (χ1) is 13.2. The highest BCUT2D eigenvalue weighted by molar-refractivity contribution is 5.87. The van der Waals surface area contributed by atoms with Gasteiger partial charge in [0.1, 0.15) is 6.04 Å². The molecule has 0 aromatic heterocycles. The second kappa shape index (κ2) is 17.5. The topological polar surface area (TPSA) is 86.7 Å². The number of unbranched alkanes of at least 4 members (excludes halogenated alkanes) is 4. The number of hydrogen-bond acceptors (Lipinski definition) is 3. The highest BCUT2D eigenvalue weighted by atomic mass is 16.4. The number of rotatable bonds is 9. The fourth-order valence-electron chi connectivity index (χ4n) is 3.20. The Morgan fingerprint density at radius 2 is 1.61 bits per heavy atom. The Balaban J connectivity index is 0. The highest BCUT2D eigenvalue weighted by Gasteiger charge is 2.33. The van der Waals surface area contributed by atoms with Crippen molar-refractivity contribution in [2.24, 2.45) is 5.92 Å². The molecule has 1 aliphatic rings. The molecule has 1 fully saturated rings. The third-order valence-electron chi connectivity index (χ3n) is 4.95. The van der Waals surface area contributed by atoms with Gasteiger partial charge in [-0.2, -0.15) is 0 Å². The second-order valence-electron chi connectivity index (χ2n) is 7.37. The molecule has 28 heavy (non-hydrogen) atoms. The van der Waals surface area contributed by atoms with Crippen LogP contribution in [0.25, 0.3) is 0 Å². The van der Waals surface area contributed by atoms with Crippen LogP contribution in [0.3, 0.4) is 0 Å². The number of carboxylic acids is 1. The third-order valence-corrected chi connectivity index (χ3v) is 4.95. The lowest BCUT2D eigenvalue weighted by molar-refractivity contribution is -0.137. The van der Waals surface area contributed by atoms with Gasteiger partial charge < -0.3 is 15.3 Å². The van der Waals surface area contributed by atoms with Gasteiger partial charge in [-0.25, -0.2) is 0 Å². The van der Waals surface area contributed by atoms with E-state index in [1.54, 1.807) is 11.8 Å². The third kappa shape index (κ3) is 13.6. The zero-order valence-electron chi connectivity index (χ0n) is 19.2. The maximum absolute atomic E-state index is 12.4. The number of carbonyl (C=O) groups is 3. The largest absolute Gasteiger partial charge is 0.481 e. The summed E-state index contributed by atoms with van der Waals surface area (Å²) in [6.07, 6.45) is 9.33. The van der Waals surface area contributed by atoms with Crippen LogP contribution in [0.2, 0.25) is 0 Å². The minimum Gasteiger partial charge on any atom is -0.481 e. The zero-order valence-corrected chi connectivity index (χ0v) is 19.2. The molecule has 0 spiro atoms. The minimum absolute atomic E-state index is 0.00859. The van der Waals surface area contributed by atoms with Crippen LogP contribution in [0.4, 0.5) is 0 Å². The van der Waals surface area contributed by atoms with E-state index in [4.69, 9.17) is 9.90 Å². The molecule has 6 nitrogen and oxygen atoms in total. The van der Waals surface area contributed by atoms with E-state index in [2.05, 4.69) is 26.1 Å². The molecule has 0 aliphatic carbocycles. The average Bonchev–Trinajstić information content (AvgIpc) is 3.12. The predicted octanol–water partition coefficient (Wildman–Crippen LogP) is 4.62. The summed E-state index contributed by atoms with van der Waals surface area (Å²) >= 11 is 0. The van der Waals surface area contributed by atoms with Gasteiger partial charge in [0.25, 0.3) is 5.97 Å². The van der Waals surface area contributed by atoms with Crippen molar-refractivity contribution < 1.29 is 19.5 Å². The molecular formula is C22H44N2O4. The first-order valence-electron chi connectivity index (χ1n) is 11.0. The molecule has 3 atom stereocenters. The van der Waals surface area contributed by atoms with Crippen LogP contribution in [-0.4, -0.2) is 46.4 Å². The molecular weight excluding hydrogens is 356 g/mol. The maximum atomic E-state index is 12.4. The molecule has 6 heteroatoms. The molecule has 1 aliphatic heterocycles. The van der Waals surface area contributed by atoms with Gasteiger partial charge >= 0.3 is 0 Å². The highest BCUT2D eigenvalue weighted by Crippen LogP contribution is 2.19. The van der Waals surface area contributed by atoms with Crippen LogP contribution in [0.15, 0.2) is 0 Å². The van der Waals surface area contributed by atoms with Crippen LogP contribution < -0.4 is 5.32 Å². The van der Waals surface area contributed by atoms with Gasteiger partial charge in [-0.1, -0.05) is 59.8 Å². The SMILES string of the molecule is CC.CC(=O)O.CCCCCCCC(C)C(C)NC(=O)[C@@H]1CCCN1C(C)=O. The number of carbonyl (C=O) groups excluding carboxylic acids is 2. The summed E-state index contributed by atoms with van der Waals surface area (Å²) < 4.78 is 0. The Morgan fingerprint density at radius 3 is 2.11 bits per heavy atom. The summed E-state index contributed by atoms with van der Waals surface area (Å²) in [7, 11) is 0. The number of amides is 2. The average molecular weight is 401 g/mol. The normalized spacial score (nSPS) is 17.4. The molecule has 0 aromatic carbocycles. The number of carboxylic acid groups (broad SMARTS) is 1. The number of hydrogen-bond donors (Lipinski definition) is 2. The summed E-state index contributed by atoms with van der Waals surface area (Å²) in [5.41, 5.74) is 0. The lowest BCUT2D eigenvalue weighted by atomic mass is 9.95. The van der Waals surface area contributed by atoms with Gasteiger partial charge in [-0.05, 0) is 32.1 Å². The Labute approximate surface area is 172 Å². The van der Waals surface area contributed by atoms with Crippen LogP contribution in [0.1, 0.15) is 99.8 Å². The van der Waals surface area contributed by atoms with E-state index >= 15 is 0 Å².